The number of morpholine rings is 1. The minimum atomic E-state index is -0.0476. The van der Waals surface area contributed by atoms with Crippen LogP contribution in [0.15, 0.2) is 12.2 Å². The fraction of sp³-hybridized carbons (Fsp3) is 0.968. The zero-order valence-electron chi connectivity index (χ0n) is 55.1. The lowest BCUT2D eigenvalue weighted by molar-refractivity contribution is -0.00389. The maximum atomic E-state index is 9.27. The molecule has 0 amide bonds. The van der Waals surface area contributed by atoms with E-state index < -0.39 is 0 Å². The number of ether oxygens (including phenoxy) is 1. The van der Waals surface area contributed by atoms with E-state index in [0.29, 0.717) is 27.6 Å². The van der Waals surface area contributed by atoms with Gasteiger partial charge in [0, 0.05) is 105 Å². The number of piperidine rings is 2. The van der Waals surface area contributed by atoms with Crippen molar-refractivity contribution < 1.29 is 14.9 Å². The molecule has 5 saturated heterocycles. The molecule has 74 heavy (non-hydrogen) atoms. The van der Waals surface area contributed by atoms with Crippen LogP contribution >= 0.6 is 0 Å². The number of likely N-dealkylation sites (N-methyl/N-ethyl adjacent to an activating group) is 3. The van der Waals surface area contributed by atoms with Crippen LogP contribution in [0.4, 0.5) is 0 Å². The number of piperazine rings is 1. The zero-order chi connectivity index (χ0) is 57.9. The number of hydrogen-bond acceptors (Lipinski definition) is 12. The number of β-amino-alcohol motifs (C(OH)–C–C–N with tert-alkyl or cyclic N) is 1. The molecule has 0 aromatic carbocycles. The first-order chi connectivity index (χ1) is 33.5. The van der Waals surface area contributed by atoms with E-state index in [-0.39, 0.29) is 23.8 Å². The zero-order valence-corrected chi connectivity index (χ0v) is 55.1. The minimum absolute atomic E-state index is 0.0476. The first-order valence-electron chi connectivity index (χ1n) is 29.5. The van der Waals surface area contributed by atoms with Gasteiger partial charge in [0.05, 0.1) is 25.9 Å². The minimum Gasteiger partial charge on any atom is -0.395 e. The van der Waals surface area contributed by atoms with Crippen molar-refractivity contribution in [2.45, 2.75) is 223 Å². The average Bonchev–Trinajstić information content (AvgIpc) is 3.81. The molecule has 0 bridgehead atoms. The third-order valence-electron chi connectivity index (χ3n) is 14.7. The maximum absolute atomic E-state index is 9.27. The molecule has 0 unspecified atom stereocenters. The molecule has 12 nitrogen and oxygen atoms in total. The summed E-state index contributed by atoms with van der Waals surface area (Å²) < 4.78 is 5.25. The van der Waals surface area contributed by atoms with Gasteiger partial charge in [-0.25, -0.2) is 0 Å². The quantitative estimate of drug-likeness (QED) is 0.249. The molecule has 0 spiro atoms. The second-order valence-electron chi connectivity index (χ2n) is 29.7. The molecule has 0 aliphatic carbocycles. The summed E-state index contributed by atoms with van der Waals surface area (Å²) in [5.41, 5.74) is 2.25. The van der Waals surface area contributed by atoms with Crippen molar-refractivity contribution in [1.29, 1.82) is 0 Å². The molecule has 0 saturated carbocycles. The van der Waals surface area contributed by atoms with Crippen molar-refractivity contribution in [2.75, 3.05) is 160 Å². The van der Waals surface area contributed by atoms with Crippen LogP contribution in [0.25, 0.3) is 0 Å². The third kappa shape index (κ3) is 39.6. The average molecular weight is 1050 g/mol. The van der Waals surface area contributed by atoms with Gasteiger partial charge in [0.25, 0.3) is 0 Å². The van der Waals surface area contributed by atoms with Crippen LogP contribution in [0.5, 0.6) is 0 Å². The van der Waals surface area contributed by atoms with Gasteiger partial charge in [-0.3, -0.25) is 29.4 Å². The summed E-state index contributed by atoms with van der Waals surface area (Å²) >= 11 is 0. The highest BCUT2D eigenvalue weighted by Gasteiger charge is 2.29. The van der Waals surface area contributed by atoms with Crippen LogP contribution in [-0.4, -0.2) is 254 Å². The van der Waals surface area contributed by atoms with Gasteiger partial charge in [-0.2, -0.15) is 0 Å². The Morgan fingerprint density at radius 2 is 0.824 bits per heavy atom. The van der Waals surface area contributed by atoms with Crippen molar-refractivity contribution in [2.24, 2.45) is 11.3 Å². The van der Waals surface area contributed by atoms with Crippen molar-refractivity contribution in [3.8, 4) is 0 Å². The molecule has 0 aromatic heterocycles. The monoisotopic (exact) mass is 1050 g/mol. The number of hydrogen-bond donors (Lipinski definition) is 2. The van der Waals surface area contributed by atoms with E-state index in [0.717, 1.165) is 71.2 Å². The van der Waals surface area contributed by atoms with E-state index in [1.54, 1.807) is 0 Å². The largest absolute Gasteiger partial charge is 0.395 e. The highest BCUT2D eigenvalue weighted by Crippen LogP contribution is 2.25. The van der Waals surface area contributed by atoms with Crippen LogP contribution in [0, 0.1) is 11.3 Å². The smallest absolute Gasteiger partial charge is 0.0594 e. The van der Waals surface area contributed by atoms with Gasteiger partial charge in [0.1, 0.15) is 0 Å². The highest BCUT2D eigenvalue weighted by atomic mass is 16.5. The SMILES string of the molecule is CC(C)(C)N1CCC(O)CC1.CC(C)(C)N1CCCC1.CC(C)(C)N1CCOCC1.CN(C)C/C=C/C(C)(C)C.CN(C)CC1CCN(C(C)(C)C)CC1.CN(CCO)C(C)(C)C.CN1CCN(C(C)(C)C)CC1. The van der Waals surface area contributed by atoms with Gasteiger partial charge < -0.3 is 29.6 Å². The Morgan fingerprint density at radius 3 is 1.11 bits per heavy atom. The molecule has 446 valence electrons. The van der Waals surface area contributed by atoms with Gasteiger partial charge in [-0.1, -0.05) is 32.9 Å². The topological polar surface area (TPSA) is 78.9 Å². The predicted molar refractivity (Wildman–Crippen MR) is 327 cm³/mol. The van der Waals surface area contributed by atoms with E-state index in [2.05, 4.69) is 237 Å². The number of aliphatic hydroxyl groups excluding tert-OH is 2. The van der Waals surface area contributed by atoms with Crippen molar-refractivity contribution in [1.82, 2.24) is 44.1 Å². The van der Waals surface area contributed by atoms with Gasteiger partial charge in [0.15, 0.2) is 0 Å². The highest BCUT2D eigenvalue weighted by molar-refractivity contribution is 4.93. The van der Waals surface area contributed by atoms with Gasteiger partial charge in [-0.15, -0.1) is 0 Å². The van der Waals surface area contributed by atoms with E-state index in [4.69, 9.17) is 9.84 Å². The number of aliphatic hydroxyl groups is 2. The molecule has 5 fully saturated rings. The van der Waals surface area contributed by atoms with Crippen molar-refractivity contribution in [3.63, 3.8) is 0 Å². The van der Waals surface area contributed by atoms with Crippen LogP contribution in [0.2, 0.25) is 0 Å². The lowest BCUT2D eigenvalue weighted by Crippen LogP contribution is -2.52. The molecular formula is C62H135N9O3. The van der Waals surface area contributed by atoms with Crippen LogP contribution in [0.3, 0.4) is 0 Å². The summed E-state index contributed by atoms with van der Waals surface area (Å²) in [5, 5.41) is 17.8. The molecule has 0 aromatic rings. The van der Waals surface area contributed by atoms with Crippen molar-refractivity contribution in [3.05, 3.63) is 12.2 Å². The number of rotatable bonds is 6. The first kappa shape index (κ1) is 75.3. The summed E-state index contributed by atoms with van der Waals surface area (Å²) in [6.07, 6.45) is 11.8. The molecule has 0 radical (unpaired) electrons. The second kappa shape index (κ2) is 35.8. The van der Waals surface area contributed by atoms with E-state index in [1.165, 1.54) is 84.6 Å². The van der Waals surface area contributed by atoms with Crippen LogP contribution < -0.4 is 0 Å². The predicted octanol–water partition coefficient (Wildman–Crippen LogP) is 10.2. The van der Waals surface area contributed by atoms with Crippen LogP contribution in [-0.2, 0) is 4.74 Å². The van der Waals surface area contributed by atoms with Gasteiger partial charge in [0.2, 0.25) is 0 Å². The molecule has 0 atom stereocenters. The Bertz CT molecular complexity index is 1320. The van der Waals surface area contributed by atoms with E-state index >= 15 is 0 Å². The summed E-state index contributed by atoms with van der Waals surface area (Å²) in [4.78, 5) is 21.6. The van der Waals surface area contributed by atoms with E-state index in [1.807, 2.05) is 7.05 Å². The lowest BCUT2D eigenvalue weighted by Gasteiger charge is -2.41. The Hall–Kier alpha value is -0.740. The first-order valence-corrected chi connectivity index (χ1v) is 29.5. The Kier molecular flexibility index (Phi) is 36.4. The summed E-state index contributed by atoms with van der Waals surface area (Å²) in [6, 6.07) is 0. The lowest BCUT2D eigenvalue weighted by atomic mass is 9.93. The Balaban J connectivity index is 0. The van der Waals surface area contributed by atoms with Crippen LogP contribution in [0.1, 0.15) is 184 Å². The molecule has 2 N–H and O–H groups in total. The number of nitrogens with zero attached hydrogens (tertiary/aromatic N) is 9. The normalized spacial score (nSPS) is 20.5. The summed E-state index contributed by atoms with van der Waals surface area (Å²) in [6.45, 7) is 66.6. The number of allylic oxidation sites excluding steroid dienone is 1. The molecule has 5 aliphatic rings. The molecular weight excluding hydrogens is 919 g/mol. The summed E-state index contributed by atoms with van der Waals surface area (Å²) in [5.74, 6) is 0.920. The third-order valence-corrected chi connectivity index (χ3v) is 14.7. The second-order valence-corrected chi connectivity index (χ2v) is 29.7. The Morgan fingerprint density at radius 1 is 0.473 bits per heavy atom. The van der Waals surface area contributed by atoms with Crippen molar-refractivity contribution >= 4 is 0 Å². The molecule has 5 rings (SSSR count). The number of likely N-dealkylation sites (tertiary alicyclic amines) is 3. The molecule has 12 heteroatoms. The van der Waals surface area contributed by atoms with E-state index in [9.17, 15) is 5.11 Å². The standard InChI is InChI=1S/C12H26N2.C9H20N2.C9H19NO.C9H19N.C8H17NO.C8H17N.C7H17NO/c1-12(2,3)14-8-6-11(7-9-14)10-13(4)5;1-9(2,3)11-7-5-10(4)6-8-11;1-9(2,3)10-6-4-8(11)5-7-10;1-9(2,3)7-6-8-10(4)5;1-8(2,3)9-4-6-10-7-5-9;1-8(2,3)9-6-4-5-7-9;1-7(2,3)8(4)5-6-9/h11H,6-10H2,1-5H3;5-8H2,1-4H3;8,11H,4-7H2,1-3H3;6-7H,8H2,1-5H3;4-7H2,1-3H3;4-7H2,1-3H3;9H,5-6H2,1-4H3/b;;;7-6+;;;. The molecule has 5 aliphatic heterocycles. The fourth-order valence-corrected chi connectivity index (χ4v) is 9.04. The molecule has 5 heterocycles. The van der Waals surface area contributed by atoms with Gasteiger partial charge in [-0.05, 0) is 243 Å². The maximum Gasteiger partial charge on any atom is 0.0594 e. The fourth-order valence-electron chi connectivity index (χ4n) is 9.04. The van der Waals surface area contributed by atoms with Gasteiger partial charge >= 0.3 is 0 Å². The summed E-state index contributed by atoms with van der Waals surface area (Å²) in [7, 11) is 12.7. The Labute approximate surface area is 464 Å².